The van der Waals surface area contributed by atoms with Crippen LogP contribution in [0.1, 0.15) is 12.5 Å². The number of nitrogens with two attached hydrogens (primary N) is 1. The SMILES string of the molecule is CC(CN)CSCC(=O)NC(=O)Cc1ccccc1. The lowest BCUT2D eigenvalue weighted by Crippen LogP contribution is -2.33. The summed E-state index contributed by atoms with van der Waals surface area (Å²) in [4.78, 5) is 23.1. The van der Waals surface area contributed by atoms with Crippen molar-refractivity contribution in [3.8, 4) is 0 Å². The van der Waals surface area contributed by atoms with Gasteiger partial charge in [0, 0.05) is 0 Å². The summed E-state index contributed by atoms with van der Waals surface area (Å²) in [6.45, 7) is 2.65. The van der Waals surface area contributed by atoms with Crippen molar-refractivity contribution in [2.75, 3.05) is 18.1 Å². The largest absolute Gasteiger partial charge is 0.330 e. The van der Waals surface area contributed by atoms with E-state index in [2.05, 4.69) is 5.32 Å². The maximum Gasteiger partial charge on any atom is 0.236 e. The molecule has 1 aromatic rings. The Hall–Kier alpha value is -1.33. The van der Waals surface area contributed by atoms with Gasteiger partial charge in [-0.2, -0.15) is 11.8 Å². The number of thioether (sulfide) groups is 1. The Morgan fingerprint density at radius 1 is 1.26 bits per heavy atom. The molecular weight excluding hydrogens is 260 g/mol. The molecule has 0 aliphatic rings. The standard InChI is InChI=1S/C14H20N2O2S/c1-11(8-15)9-19-10-14(18)16-13(17)7-12-5-3-2-4-6-12/h2-6,11H,7-10,15H2,1H3,(H,16,17,18). The number of imide groups is 1. The zero-order chi connectivity index (χ0) is 14.1. The van der Waals surface area contributed by atoms with Gasteiger partial charge in [-0.15, -0.1) is 0 Å². The van der Waals surface area contributed by atoms with Crippen LogP contribution < -0.4 is 11.1 Å². The fraction of sp³-hybridized carbons (Fsp3) is 0.429. The lowest BCUT2D eigenvalue weighted by atomic mass is 10.1. The molecule has 1 aromatic carbocycles. The van der Waals surface area contributed by atoms with Crippen LogP contribution in [-0.4, -0.2) is 29.9 Å². The molecule has 0 aliphatic carbocycles. The first-order chi connectivity index (χ1) is 9.11. The van der Waals surface area contributed by atoms with E-state index in [9.17, 15) is 9.59 Å². The molecule has 0 spiro atoms. The molecule has 5 heteroatoms. The Morgan fingerprint density at radius 3 is 2.58 bits per heavy atom. The van der Waals surface area contributed by atoms with Crippen molar-refractivity contribution in [2.24, 2.45) is 11.7 Å². The van der Waals surface area contributed by atoms with Crippen molar-refractivity contribution in [1.82, 2.24) is 5.32 Å². The first-order valence-corrected chi connectivity index (χ1v) is 7.41. The van der Waals surface area contributed by atoms with E-state index in [1.165, 1.54) is 11.8 Å². The summed E-state index contributed by atoms with van der Waals surface area (Å²) in [6.07, 6.45) is 0.233. The minimum Gasteiger partial charge on any atom is -0.330 e. The van der Waals surface area contributed by atoms with Crippen molar-refractivity contribution in [3.63, 3.8) is 0 Å². The summed E-state index contributed by atoms with van der Waals surface area (Å²) in [6, 6.07) is 9.36. The molecule has 1 unspecified atom stereocenters. The van der Waals surface area contributed by atoms with Gasteiger partial charge in [0.05, 0.1) is 12.2 Å². The first-order valence-electron chi connectivity index (χ1n) is 6.26. The third-order valence-electron chi connectivity index (χ3n) is 2.52. The molecule has 0 bridgehead atoms. The smallest absolute Gasteiger partial charge is 0.236 e. The molecular formula is C14H20N2O2S. The van der Waals surface area contributed by atoms with Crippen LogP contribution in [0.25, 0.3) is 0 Å². The van der Waals surface area contributed by atoms with Gasteiger partial charge in [0.25, 0.3) is 0 Å². The van der Waals surface area contributed by atoms with Gasteiger partial charge in [0.2, 0.25) is 11.8 Å². The van der Waals surface area contributed by atoms with Gasteiger partial charge < -0.3 is 5.73 Å². The monoisotopic (exact) mass is 280 g/mol. The molecule has 0 aromatic heterocycles. The summed E-state index contributed by atoms with van der Waals surface area (Å²) in [5.74, 6) is 1.01. The van der Waals surface area contributed by atoms with Gasteiger partial charge in [-0.05, 0) is 23.8 Å². The number of amides is 2. The quantitative estimate of drug-likeness (QED) is 0.787. The maximum absolute atomic E-state index is 11.6. The van der Waals surface area contributed by atoms with E-state index >= 15 is 0 Å². The Kier molecular flexibility index (Phi) is 7.22. The van der Waals surface area contributed by atoms with Gasteiger partial charge in [-0.1, -0.05) is 37.3 Å². The van der Waals surface area contributed by atoms with E-state index in [0.717, 1.165) is 11.3 Å². The Labute approximate surface area is 118 Å². The van der Waals surface area contributed by atoms with Crippen LogP contribution in [0.3, 0.4) is 0 Å². The number of carbonyl (C=O) groups is 2. The van der Waals surface area contributed by atoms with Crippen LogP contribution in [0.4, 0.5) is 0 Å². The molecule has 0 radical (unpaired) electrons. The highest BCUT2D eigenvalue weighted by atomic mass is 32.2. The van der Waals surface area contributed by atoms with Crippen LogP contribution in [0.5, 0.6) is 0 Å². The average Bonchev–Trinajstić information content (AvgIpc) is 2.39. The fourth-order valence-electron chi connectivity index (χ4n) is 1.44. The van der Waals surface area contributed by atoms with E-state index in [-0.39, 0.29) is 18.2 Å². The maximum atomic E-state index is 11.6. The molecule has 4 nitrogen and oxygen atoms in total. The lowest BCUT2D eigenvalue weighted by Gasteiger charge is -2.07. The molecule has 19 heavy (non-hydrogen) atoms. The summed E-state index contributed by atoms with van der Waals surface area (Å²) < 4.78 is 0. The number of rotatable bonds is 7. The molecule has 0 saturated heterocycles. The molecule has 0 heterocycles. The molecule has 0 fully saturated rings. The molecule has 104 valence electrons. The molecule has 2 amide bonds. The zero-order valence-corrected chi connectivity index (χ0v) is 11.9. The van der Waals surface area contributed by atoms with Crippen molar-refractivity contribution in [2.45, 2.75) is 13.3 Å². The van der Waals surface area contributed by atoms with E-state index in [1.54, 1.807) is 0 Å². The van der Waals surface area contributed by atoms with Crippen LogP contribution in [0.2, 0.25) is 0 Å². The fourth-order valence-corrected chi connectivity index (χ4v) is 2.35. The van der Waals surface area contributed by atoms with Crippen molar-refractivity contribution >= 4 is 23.6 Å². The van der Waals surface area contributed by atoms with Gasteiger partial charge in [0.15, 0.2) is 0 Å². The van der Waals surface area contributed by atoms with Crippen molar-refractivity contribution in [3.05, 3.63) is 35.9 Å². The van der Waals surface area contributed by atoms with Crippen LogP contribution >= 0.6 is 11.8 Å². The molecule has 0 aliphatic heterocycles. The third kappa shape index (κ3) is 6.98. The van der Waals surface area contributed by atoms with Gasteiger partial charge in [-0.25, -0.2) is 0 Å². The second kappa shape index (κ2) is 8.72. The Bertz CT molecular complexity index is 409. The van der Waals surface area contributed by atoms with Gasteiger partial charge in [0.1, 0.15) is 0 Å². The average molecular weight is 280 g/mol. The predicted molar refractivity (Wildman–Crippen MR) is 78.8 cm³/mol. The Balaban J connectivity index is 2.23. The molecule has 3 N–H and O–H groups in total. The van der Waals surface area contributed by atoms with Crippen LogP contribution in [0.15, 0.2) is 30.3 Å². The Morgan fingerprint density at radius 2 is 1.95 bits per heavy atom. The summed E-state index contributed by atoms with van der Waals surface area (Å²) in [5.41, 5.74) is 6.39. The third-order valence-corrected chi connectivity index (χ3v) is 3.80. The highest BCUT2D eigenvalue weighted by Crippen LogP contribution is 2.06. The minimum absolute atomic E-state index is 0.233. The number of carbonyl (C=O) groups excluding carboxylic acids is 2. The van der Waals surface area contributed by atoms with E-state index in [0.29, 0.717) is 18.2 Å². The van der Waals surface area contributed by atoms with E-state index in [1.807, 2.05) is 37.3 Å². The zero-order valence-electron chi connectivity index (χ0n) is 11.1. The topological polar surface area (TPSA) is 72.2 Å². The highest BCUT2D eigenvalue weighted by molar-refractivity contribution is 7.99. The van der Waals surface area contributed by atoms with Crippen LogP contribution in [0, 0.1) is 5.92 Å². The number of benzene rings is 1. The second-order valence-corrected chi connectivity index (χ2v) is 5.52. The van der Waals surface area contributed by atoms with Crippen molar-refractivity contribution < 1.29 is 9.59 Å². The molecule has 1 rings (SSSR count). The van der Waals surface area contributed by atoms with Crippen LogP contribution in [-0.2, 0) is 16.0 Å². The molecule has 1 atom stereocenters. The summed E-state index contributed by atoms with van der Waals surface area (Å²) in [7, 11) is 0. The van der Waals surface area contributed by atoms with Gasteiger partial charge in [-0.3, -0.25) is 14.9 Å². The number of hydrogen-bond acceptors (Lipinski definition) is 4. The van der Waals surface area contributed by atoms with E-state index < -0.39 is 0 Å². The first kappa shape index (κ1) is 15.7. The van der Waals surface area contributed by atoms with Crippen molar-refractivity contribution in [1.29, 1.82) is 0 Å². The summed E-state index contributed by atoms with van der Waals surface area (Å²) in [5, 5.41) is 2.39. The minimum atomic E-state index is -0.260. The van der Waals surface area contributed by atoms with E-state index in [4.69, 9.17) is 5.73 Å². The van der Waals surface area contributed by atoms with Gasteiger partial charge >= 0.3 is 0 Å². The molecule has 0 saturated carbocycles. The normalized spacial score (nSPS) is 11.9. The number of nitrogens with one attached hydrogen (secondary N) is 1. The predicted octanol–water partition coefficient (Wildman–Crippen LogP) is 1.20. The second-order valence-electron chi connectivity index (χ2n) is 4.49. The lowest BCUT2D eigenvalue weighted by molar-refractivity contribution is -0.128. The summed E-state index contributed by atoms with van der Waals surface area (Å²) >= 11 is 1.50. The number of hydrogen-bond donors (Lipinski definition) is 2. The highest BCUT2D eigenvalue weighted by Gasteiger charge is 2.09.